The number of hydrogen-bond donors (Lipinski definition) is 2. The lowest BCUT2D eigenvalue weighted by Gasteiger charge is -2.05. The first-order chi connectivity index (χ1) is 7.63. The van der Waals surface area contributed by atoms with Crippen molar-refractivity contribution in [1.82, 2.24) is 0 Å². The van der Waals surface area contributed by atoms with Crippen molar-refractivity contribution in [2.45, 2.75) is 6.10 Å². The van der Waals surface area contributed by atoms with E-state index in [9.17, 15) is 4.79 Å². The number of hydrogen-bond acceptors (Lipinski definition) is 4. The smallest absolute Gasteiger partial charge is 0.172 e. The molecule has 1 rings (SSSR count). The fourth-order valence-corrected chi connectivity index (χ4v) is 2.27. The highest BCUT2D eigenvalue weighted by Gasteiger charge is 2.07. The van der Waals surface area contributed by atoms with Crippen LogP contribution in [0.1, 0.15) is 10.4 Å². The molecule has 0 aliphatic heterocycles. The predicted octanol–water partition coefficient (Wildman–Crippen LogP) is 1.56. The molecule has 0 aliphatic carbocycles. The van der Waals surface area contributed by atoms with Gasteiger partial charge in [-0.1, -0.05) is 12.1 Å². The molecule has 5 heteroatoms. The molecule has 0 saturated carbocycles. The van der Waals surface area contributed by atoms with Gasteiger partial charge in [-0.05, 0) is 34.7 Å². The topological polar surface area (TPSA) is 57.5 Å². The Morgan fingerprint density at radius 3 is 2.56 bits per heavy atom. The maximum atomic E-state index is 11.7. The van der Waals surface area contributed by atoms with Crippen LogP contribution in [0.3, 0.4) is 0 Å². The molecule has 0 saturated heterocycles. The molecule has 88 valence electrons. The van der Waals surface area contributed by atoms with E-state index >= 15 is 0 Å². The monoisotopic (exact) mass is 352 g/mol. The zero-order valence-electron chi connectivity index (χ0n) is 8.60. The summed E-state index contributed by atoms with van der Waals surface area (Å²) in [5.74, 6) is 0.760. The lowest BCUT2D eigenvalue weighted by molar-refractivity contribution is 0.102. The molecular formula is C11H13IO3S. The molecule has 3 nitrogen and oxygen atoms in total. The summed E-state index contributed by atoms with van der Waals surface area (Å²) in [6.07, 6.45) is -0.741. The number of carbonyl (C=O) groups is 1. The van der Waals surface area contributed by atoms with Gasteiger partial charge < -0.3 is 10.2 Å². The summed E-state index contributed by atoms with van der Waals surface area (Å²) >= 11 is 3.52. The Morgan fingerprint density at radius 2 is 2.00 bits per heavy atom. The molecule has 0 aromatic heterocycles. The molecule has 0 amide bonds. The largest absolute Gasteiger partial charge is 0.394 e. The molecule has 2 N–H and O–H groups in total. The van der Waals surface area contributed by atoms with Crippen molar-refractivity contribution in [1.29, 1.82) is 0 Å². The molecule has 0 aliphatic rings. The quantitative estimate of drug-likeness (QED) is 0.603. The second kappa shape index (κ2) is 7.26. The van der Waals surface area contributed by atoms with Crippen molar-refractivity contribution in [3.63, 3.8) is 0 Å². The van der Waals surface area contributed by atoms with E-state index in [4.69, 9.17) is 10.2 Å². The number of aliphatic hydroxyl groups excluding tert-OH is 2. The second-order valence-electron chi connectivity index (χ2n) is 3.28. The summed E-state index contributed by atoms with van der Waals surface area (Å²) in [7, 11) is 0. The predicted molar refractivity (Wildman–Crippen MR) is 73.9 cm³/mol. The summed E-state index contributed by atoms with van der Waals surface area (Å²) < 4.78 is 1.09. The Hall–Kier alpha value is -0.110. The summed E-state index contributed by atoms with van der Waals surface area (Å²) in [5.41, 5.74) is 0.686. The fraction of sp³-hybridized carbons (Fsp3) is 0.364. The van der Waals surface area contributed by atoms with E-state index in [1.54, 1.807) is 12.1 Å². The van der Waals surface area contributed by atoms with Gasteiger partial charge in [-0.3, -0.25) is 4.79 Å². The van der Waals surface area contributed by atoms with E-state index in [0.29, 0.717) is 17.1 Å². The van der Waals surface area contributed by atoms with Crippen LogP contribution in [0.25, 0.3) is 0 Å². The molecule has 0 spiro atoms. The molecule has 0 fully saturated rings. The van der Waals surface area contributed by atoms with Gasteiger partial charge in [0.15, 0.2) is 5.78 Å². The van der Waals surface area contributed by atoms with Gasteiger partial charge in [0.2, 0.25) is 0 Å². The molecular weight excluding hydrogens is 339 g/mol. The normalized spacial score (nSPS) is 12.4. The molecule has 0 heterocycles. The second-order valence-corrected chi connectivity index (χ2v) is 5.56. The first kappa shape index (κ1) is 14.0. The van der Waals surface area contributed by atoms with Gasteiger partial charge in [-0.15, -0.1) is 0 Å². The van der Waals surface area contributed by atoms with Crippen LogP contribution >= 0.6 is 34.4 Å². The van der Waals surface area contributed by atoms with E-state index in [2.05, 4.69) is 22.6 Å². The molecule has 1 atom stereocenters. The van der Waals surface area contributed by atoms with E-state index < -0.39 is 6.10 Å². The average Bonchev–Trinajstić information content (AvgIpc) is 2.29. The zero-order valence-corrected chi connectivity index (χ0v) is 11.6. The van der Waals surface area contributed by atoms with Crippen LogP contribution in [0.15, 0.2) is 24.3 Å². The highest BCUT2D eigenvalue weighted by Crippen LogP contribution is 2.11. The Morgan fingerprint density at radius 1 is 1.38 bits per heavy atom. The Kier molecular flexibility index (Phi) is 6.33. The van der Waals surface area contributed by atoms with Crippen molar-refractivity contribution in [3.05, 3.63) is 33.4 Å². The minimum absolute atomic E-state index is 0.0477. The third kappa shape index (κ3) is 4.82. The van der Waals surface area contributed by atoms with Crippen molar-refractivity contribution >= 4 is 40.1 Å². The molecule has 0 radical (unpaired) electrons. The Bertz CT molecular complexity index is 340. The van der Waals surface area contributed by atoms with E-state index in [0.717, 1.165) is 3.57 Å². The van der Waals surface area contributed by atoms with Gasteiger partial charge in [-0.25, -0.2) is 0 Å². The van der Waals surface area contributed by atoms with Gasteiger partial charge in [0, 0.05) is 14.9 Å². The highest BCUT2D eigenvalue weighted by molar-refractivity contribution is 14.1. The lowest BCUT2D eigenvalue weighted by Crippen LogP contribution is -2.16. The van der Waals surface area contributed by atoms with Gasteiger partial charge in [0.05, 0.1) is 18.5 Å². The Labute approximate surface area is 112 Å². The van der Waals surface area contributed by atoms with E-state index in [1.807, 2.05) is 12.1 Å². The number of thioether (sulfide) groups is 1. The summed E-state index contributed by atoms with van der Waals surface area (Å²) in [4.78, 5) is 11.7. The number of carbonyl (C=O) groups excluding carboxylic acids is 1. The molecule has 0 bridgehead atoms. The van der Waals surface area contributed by atoms with Crippen molar-refractivity contribution < 1.29 is 15.0 Å². The van der Waals surface area contributed by atoms with Crippen LogP contribution in [0.5, 0.6) is 0 Å². The lowest BCUT2D eigenvalue weighted by atomic mass is 10.2. The SMILES string of the molecule is O=C(CSCC(O)CO)c1ccc(I)cc1. The first-order valence-electron chi connectivity index (χ1n) is 4.79. The summed E-state index contributed by atoms with van der Waals surface area (Å²) in [6.45, 7) is -0.259. The molecule has 1 aromatic carbocycles. The first-order valence-corrected chi connectivity index (χ1v) is 7.02. The number of Topliss-reactive ketones (excluding diaryl/α,β-unsaturated/α-hetero) is 1. The van der Waals surface area contributed by atoms with Crippen LogP contribution in [0.4, 0.5) is 0 Å². The van der Waals surface area contributed by atoms with Crippen LogP contribution in [0, 0.1) is 3.57 Å². The summed E-state index contributed by atoms with van der Waals surface area (Å²) in [6, 6.07) is 7.38. The highest BCUT2D eigenvalue weighted by atomic mass is 127. The van der Waals surface area contributed by atoms with Gasteiger partial charge in [0.25, 0.3) is 0 Å². The standard InChI is InChI=1S/C11H13IO3S/c12-9-3-1-8(2-4-9)11(15)7-16-6-10(14)5-13/h1-4,10,13-14H,5-7H2. The van der Waals surface area contributed by atoms with Crippen LogP contribution in [-0.4, -0.2) is 40.2 Å². The van der Waals surface area contributed by atoms with Gasteiger partial charge in [0.1, 0.15) is 0 Å². The van der Waals surface area contributed by atoms with Gasteiger partial charge >= 0.3 is 0 Å². The maximum absolute atomic E-state index is 11.7. The van der Waals surface area contributed by atoms with E-state index in [-0.39, 0.29) is 12.4 Å². The third-order valence-electron chi connectivity index (χ3n) is 1.92. The van der Waals surface area contributed by atoms with E-state index in [1.165, 1.54) is 11.8 Å². The maximum Gasteiger partial charge on any atom is 0.172 e. The molecule has 1 unspecified atom stereocenters. The number of aliphatic hydroxyl groups is 2. The summed E-state index contributed by atoms with van der Waals surface area (Å²) in [5, 5.41) is 17.7. The van der Waals surface area contributed by atoms with Crippen LogP contribution < -0.4 is 0 Å². The van der Waals surface area contributed by atoms with Crippen molar-refractivity contribution in [3.8, 4) is 0 Å². The van der Waals surface area contributed by atoms with Crippen LogP contribution in [-0.2, 0) is 0 Å². The number of rotatable bonds is 6. The zero-order chi connectivity index (χ0) is 12.0. The molecule has 16 heavy (non-hydrogen) atoms. The van der Waals surface area contributed by atoms with Crippen LogP contribution in [0.2, 0.25) is 0 Å². The average molecular weight is 352 g/mol. The minimum atomic E-state index is -0.741. The molecule has 1 aromatic rings. The number of benzene rings is 1. The number of ketones is 1. The van der Waals surface area contributed by atoms with Crippen molar-refractivity contribution in [2.75, 3.05) is 18.1 Å². The fourth-order valence-electron chi connectivity index (χ4n) is 1.06. The van der Waals surface area contributed by atoms with Gasteiger partial charge in [-0.2, -0.15) is 11.8 Å². The Balaban J connectivity index is 2.38. The number of halogens is 1. The third-order valence-corrected chi connectivity index (χ3v) is 3.73. The van der Waals surface area contributed by atoms with Crippen molar-refractivity contribution in [2.24, 2.45) is 0 Å². The minimum Gasteiger partial charge on any atom is -0.394 e.